The number of hydrogen-bond acceptors (Lipinski definition) is 5. The van der Waals surface area contributed by atoms with Crippen molar-refractivity contribution in [1.29, 1.82) is 0 Å². The molecule has 0 heterocycles. The molecular formula is C22H27N3O5S. The Hall–Kier alpha value is -3.17. The minimum absolute atomic E-state index is 0.0789. The van der Waals surface area contributed by atoms with Crippen LogP contribution in [0.1, 0.15) is 22.3 Å². The van der Waals surface area contributed by atoms with Crippen LogP contribution in [0.4, 0.5) is 5.69 Å². The van der Waals surface area contributed by atoms with Gasteiger partial charge in [0.25, 0.3) is 15.9 Å². The van der Waals surface area contributed by atoms with Crippen LogP contribution in [0.15, 0.2) is 60.0 Å². The number of nitrogens with zero attached hydrogens (tertiary/aromatic N) is 1. The van der Waals surface area contributed by atoms with E-state index in [0.717, 1.165) is 11.0 Å². The molecule has 0 aromatic heterocycles. The molecule has 0 saturated heterocycles. The summed E-state index contributed by atoms with van der Waals surface area (Å²) in [6, 6.07) is 15.1. The molecule has 0 aliphatic heterocycles. The van der Waals surface area contributed by atoms with Gasteiger partial charge in [-0.3, -0.25) is 14.3 Å². The predicted octanol–water partition coefficient (Wildman–Crippen LogP) is 2.32. The van der Waals surface area contributed by atoms with Gasteiger partial charge in [-0.05, 0) is 42.3 Å². The Labute approximate surface area is 183 Å². The molecule has 2 N–H and O–H groups in total. The van der Waals surface area contributed by atoms with Crippen molar-refractivity contribution in [3.63, 3.8) is 0 Å². The molecule has 0 spiro atoms. The lowest BCUT2D eigenvalue weighted by Crippen LogP contribution is -2.38. The molecule has 31 heavy (non-hydrogen) atoms. The average molecular weight is 446 g/mol. The van der Waals surface area contributed by atoms with Gasteiger partial charge >= 0.3 is 0 Å². The van der Waals surface area contributed by atoms with Crippen molar-refractivity contribution in [1.82, 2.24) is 10.2 Å². The van der Waals surface area contributed by atoms with Crippen molar-refractivity contribution >= 4 is 33.6 Å². The number of likely N-dealkylation sites (N-methyl/N-ethyl adjacent to an activating group) is 1. The third-order valence-electron chi connectivity index (χ3n) is 4.21. The molecular weight excluding hydrogens is 418 g/mol. The molecule has 0 atom stereocenters. The number of anilines is 1. The lowest BCUT2D eigenvalue weighted by Gasteiger charge is -2.17. The van der Waals surface area contributed by atoms with Crippen molar-refractivity contribution < 1.29 is 22.7 Å². The van der Waals surface area contributed by atoms with E-state index in [9.17, 15) is 18.0 Å². The summed E-state index contributed by atoms with van der Waals surface area (Å²) in [6.45, 7) is 0.944. The van der Waals surface area contributed by atoms with Gasteiger partial charge in [0.2, 0.25) is 5.91 Å². The fourth-order valence-electron chi connectivity index (χ4n) is 2.62. The predicted molar refractivity (Wildman–Crippen MR) is 121 cm³/mol. The van der Waals surface area contributed by atoms with E-state index < -0.39 is 10.0 Å². The van der Waals surface area contributed by atoms with Crippen LogP contribution in [-0.4, -0.2) is 59.0 Å². The molecule has 0 fully saturated rings. The van der Waals surface area contributed by atoms with E-state index in [1.54, 1.807) is 19.2 Å². The van der Waals surface area contributed by atoms with Crippen molar-refractivity contribution in [3.8, 4) is 0 Å². The first kappa shape index (κ1) is 24.1. The Morgan fingerprint density at radius 3 is 2.39 bits per heavy atom. The molecule has 2 aromatic rings. The number of carbonyl (C=O) groups is 2. The number of amides is 2. The van der Waals surface area contributed by atoms with E-state index in [4.69, 9.17) is 4.74 Å². The first-order valence-electron chi connectivity index (χ1n) is 9.68. The van der Waals surface area contributed by atoms with Gasteiger partial charge in [-0.1, -0.05) is 30.3 Å². The van der Waals surface area contributed by atoms with Gasteiger partial charge in [0.1, 0.15) is 0 Å². The molecule has 2 rings (SSSR count). The Kier molecular flexibility index (Phi) is 9.23. The molecule has 0 unspecified atom stereocenters. The van der Waals surface area contributed by atoms with E-state index in [0.29, 0.717) is 30.8 Å². The van der Waals surface area contributed by atoms with E-state index in [1.165, 1.54) is 42.3 Å². The van der Waals surface area contributed by atoms with Crippen LogP contribution < -0.4 is 10.0 Å². The van der Waals surface area contributed by atoms with Crippen LogP contribution in [-0.2, 0) is 19.6 Å². The van der Waals surface area contributed by atoms with Gasteiger partial charge in [-0.2, -0.15) is 0 Å². The highest BCUT2D eigenvalue weighted by Gasteiger charge is 2.15. The summed E-state index contributed by atoms with van der Waals surface area (Å²) in [5.41, 5.74) is 1.44. The van der Waals surface area contributed by atoms with Crippen molar-refractivity contribution in [2.24, 2.45) is 0 Å². The van der Waals surface area contributed by atoms with Crippen LogP contribution >= 0.6 is 0 Å². The fourth-order valence-corrected chi connectivity index (χ4v) is 3.49. The average Bonchev–Trinajstić information content (AvgIpc) is 2.76. The Morgan fingerprint density at radius 1 is 1.06 bits per heavy atom. The molecule has 0 radical (unpaired) electrons. The molecule has 9 heteroatoms. The maximum absolute atomic E-state index is 12.5. The summed E-state index contributed by atoms with van der Waals surface area (Å²) in [7, 11) is -0.580. The molecule has 0 aliphatic rings. The van der Waals surface area contributed by atoms with E-state index in [-0.39, 0.29) is 18.4 Å². The lowest BCUT2D eigenvalue weighted by atomic mass is 10.2. The van der Waals surface area contributed by atoms with E-state index >= 15 is 0 Å². The van der Waals surface area contributed by atoms with Crippen LogP contribution in [0.5, 0.6) is 0 Å². The molecule has 8 nitrogen and oxygen atoms in total. The molecule has 0 bridgehead atoms. The summed E-state index contributed by atoms with van der Waals surface area (Å²) < 4.78 is 31.8. The second-order valence-electron chi connectivity index (χ2n) is 6.80. The summed E-state index contributed by atoms with van der Waals surface area (Å²) in [5, 5.41) is 3.80. The number of nitrogens with one attached hydrogen (secondary N) is 2. The van der Waals surface area contributed by atoms with Gasteiger partial charge in [-0.15, -0.1) is 0 Å². The molecule has 166 valence electrons. The summed E-state index contributed by atoms with van der Waals surface area (Å²) in [5.74, 6) is -0.605. The fraction of sp³-hybridized carbons (Fsp3) is 0.273. The summed E-state index contributed by atoms with van der Waals surface area (Å²) in [4.78, 5) is 25.7. The quantitative estimate of drug-likeness (QED) is 0.517. The molecule has 2 amide bonds. The monoisotopic (exact) mass is 445 g/mol. The van der Waals surface area contributed by atoms with Crippen molar-refractivity contribution in [3.05, 3.63) is 71.1 Å². The summed E-state index contributed by atoms with van der Waals surface area (Å²) >= 11 is 0. The van der Waals surface area contributed by atoms with Gasteiger partial charge in [0, 0.05) is 38.6 Å². The Balaban J connectivity index is 1.90. The summed E-state index contributed by atoms with van der Waals surface area (Å²) in [6.07, 6.45) is 2.19. The largest absolute Gasteiger partial charge is 0.385 e. The van der Waals surface area contributed by atoms with Crippen LogP contribution in [0.2, 0.25) is 0 Å². The van der Waals surface area contributed by atoms with Crippen LogP contribution in [0, 0.1) is 0 Å². The number of benzene rings is 2. The third-order valence-corrected chi connectivity index (χ3v) is 5.22. The van der Waals surface area contributed by atoms with E-state index in [1.807, 2.05) is 18.2 Å². The van der Waals surface area contributed by atoms with Gasteiger partial charge in [0.15, 0.2) is 0 Å². The second-order valence-corrected chi connectivity index (χ2v) is 8.36. The maximum atomic E-state index is 12.5. The minimum Gasteiger partial charge on any atom is -0.385 e. The minimum atomic E-state index is -3.70. The normalized spacial score (nSPS) is 11.3. The van der Waals surface area contributed by atoms with Gasteiger partial charge in [0.05, 0.1) is 12.0 Å². The topological polar surface area (TPSA) is 105 Å². The number of carbonyl (C=O) groups excluding carboxylic acids is 2. The van der Waals surface area contributed by atoms with Crippen molar-refractivity contribution in [2.45, 2.75) is 6.42 Å². The Morgan fingerprint density at radius 2 is 1.74 bits per heavy atom. The molecule has 0 aliphatic carbocycles. The number of sulfonamides is 1. The van der Waals surface area contributed by atoms with Crippen LogP contribution in [0.25, 0.3) is 6.08 Å². The zero-order chi connectivity index (χ0) is 22.7. The van der Waals surface area contributed by atoms with Gasteiger partial charge < -0.3 is 15.0 Å². The highest BCUT2D eigenvalue weighted by molar-refractivity contribution is 7.95. The lowest BCUT2D eigenvalue weighted by molar-refractivity contribution is -0.121. The van der Waals surface area contributed by atoms with Crippen molar-refractivity contribution in [2.75, 3.05) is 38.6 Å². The van der Waals surface area contributed by atoms with Crippen LogP contribution in [0.3, 0.4) is 0 Å². The molecule has 0 saturated carbocycles. The van der Waals surface area contributed by atoms with E-state index in [2.05, 4.69) is 10.0 Å². The number of methoxy groups -OCH3 is 1. The van der Waals surface area contributed by atoms with Gasteiger partial charge in [-0.25, -0.2) is 8.42 Å². The highest BCUT2D eigenvalue weighted by Crippen LogP contribution is 2.14. The second kappa shape index (κ2) is 11.9. The number of rotatable bonds is 11. The Bertz CT molecular complexity index is 990. The highest BCUT2D eigenvalue weighted by atomic mass is 32.2. The number of hydrogen-bond donors (Lipinski definition) is 2. The number of ether oxygens (including phenoxy) is 1. The zero-order valence-corrected chi connectivity index (χ0v) is 18.4. The third kappa shape index (κ3) is 8.61. The smallest absolute Gasteiger partial charge is 0.255 e. The zero-order valence-electron chi connectivity index (χ0n) is 17.6. The SMILES string of the molecule is COCCCNC(=O)CN(C)C(=O)c1ccc(NS(=O)(=O)/C=C/c2ccccc2)cc1. The first-order chi connectivity index (χ1) is 14.8. The standard InChI is InChI=1S/C22H27N3O5S/c1-25(17-21(26)23-14-6-15-30-2)22(27)19-9-11-20(12-10-19)24-31(28,29)16-13-18-7-4-3-5-8-18/h3-5,7-13,16,24H,6,14-15,17H2,1-2H3,(H,23,26)/b16-13+. The molecule has 2 aromatic carbocycles. The maximum Gasteiger partial charge on any atom is 0.255 e. The first-order valence-corrected chi connectivity index (χ1v) is 11.2.